The van der Waals surface area contributed by atoms with Crippen LogP contribution in [-0.4, -0.2) is 18.8 Å². The van der Waals surface area contributed by atoms with Crippen LogP contribution in [0.1, 0.15) is 5.56 Å². The molecule has 0 amide bonds. The maximum absolute atomic E-state index is 4.25. The van der Waals surface area contributed by atoms with Crippen LogP contribution in [0.25, 0.3) is 22.6 Å². The Balaban J connectivity index is 1.97. The first-order chi connectivity index (χ1) is 9.42. The van der Waals surface area contributed by atoms with Gasteiger partial charge in [0.15, 0.2) is 6.20 Å². The molecule has 4 aromatic rings. The van der Waals surface area contributed by atoms with E-state index in [1.54, 1.807) is 0 Å². The van der Waals surface area contributed by atoms with Crippen LogP contribution in [-0.2, 0) is 6.54 Å². The Labute approximate surface area is 108 Å². The highest BCUT2D eigenvalue weighted by Gasteiger charge is 2.31. The zero-order valence-electron chi connectivity index (χ0n) is 10.1. The number of hydrogen-bond acceptors (Lipinski definition) is 2. The van der Waals surface area contributed by atoms with Crippen molar-refractivity contribution >= 4 is 11.2 Å². The Morgan fingerprint density at radius 2 is 2.05 bits per heavy atom. The molecule has 5 heteroatoms. The number of fused-ring (bicyclic) bond motifs is 7. The molecule has 19 heavy (non-hydrogen) atoms. The summed E-state index contributed by atoms with van der Waals surface area (Å²) in [6, 6.07) is 2.09. The predicted octanol–water partition coefficient (Wildman–Crippen LogP) is 1.30. The summed E-state index contributed by atoms with van der Waals surface area (Å²) < 4.78 is 6.63. The minimum atomic E-state index is 0.919. The average Bonchev–Trinajstić information content (AvgIpc) is 3.05. The number of nitrogens with zero attached hydrogens (tertiary/aromatic N) is 5. The van der Waals surface area contributed by atoms with Gasteiger partial charge < -0.3 is 0 Å². The Bertz CT molecular complexity index is 947. The van der Waals surface area contributed by atoms with E-state index in [2.05, 4.69) is 41.8 Å². The third-order valence-corrected chi connectivity index (χ3v) is 3.81. The van der Waals surface area contributed by atoms with Crippen LogP contribution in [0.15, 0.2) is 49.4 Å². The van der Waals surface area contributed by atoms with Crippen LogP contribution in [0.4, 0.5) is 0 Å². The monoisotopic (exact) mass is 248 g/mol. The van der Waals surface area contributed by atoms with E-state index in [-0.39, 0.29) is 0 Å². The average molecular weight is 248 g/mol. The van der Waals surface area contributed by atoms with Crippen molar-refractivity contribution in [3.63, 3.8) is 0 Å². The fourth-order valence-electron chi connectivity index (χ4n) is 2.98. The van der Waals surface area contributed by atoms with Crippen LogP contribution in [0.3, 0.4) is 0 Å². The molecule has 0 unspecified atom stereocenters. The second-order valence-corrected chi connectivity index (χ2v) is 4.84. The zero-order valence-corrected chi connectivity index (χ0v) is 10.1. The maximum Gasteiger partial charge on any atom is 0.297 e. The van der Waals surface area contributed by atoms with Gasteiger partial charge in [-0.2, -0.15) is 4.40 Å². The van der Waals surface area contributed by atoms with Crippen LogP contribution in [0, 0.1) is 0 Å². The standard InChI is InChI=1S/C14H10N5/c1-2-15-6-12-10(1)7-17-9-13-18-4-3-16-5-11(18)8-19(13)14(12)17/h1-6,8-9H,7H2/q+1. The molecule has 0 atom stereocenters. The first kappa shape index (κ1) is 9.27. The van der Waals surface area contributed by atoms with Crippen molar-refractivity contribution in [3.8, 4) is 11.4 Å². The highest BCUT2D eigenvalue weighted by molar-refractivity contribution is 5.66. The molecule has 0 fully saturated rings. The number of pyridine rings is 1. The molecule has 0 saturated carbocycles. The summed E-state index contributed by atoms with van der Waals surface area (Å²) in [6.45, 7) is 0.919. The fourth-order valence-corrected chi connectivity index (χ4v) is 2.98. The van der Waals surface area contributed by atoms with Crippen LogP contribution in [0.2, 0.25) is 0 Å². The van der Waals surface area contributed by atoms with Crippen molar-refractivity contribution in [2.75, 3.05) is 0 Å². The predicted molar refractivity (Wildman–Crippen MR) is 68.7 cm³/mol. The summed E-state index contributed by atoms with van der Waals surface area (Å²) in [4.78, 5) is 8.42. The fraction of sp³-hybridized carbons (Fsp3) is 0.0714. The summed E-state index contributed by atoms with van der Waals surface area (Å²) in [5, 5.41) is 0. The quantitative estimate of drug-likeness (QED) is 0.387. The minimum absolute atomic E-state index is 0.919. The Morgan fingerprint density at radius 3 is 3.05 bits per heavy atom. The van der Waals surface area contributed by atoms with Gasteiger partial charge in [-0.3, -0.25) is 14.4 Å². The summed E-state index contributed by atoms with van der Waals surface area (Å²) in [5.41, 5.74) is 4.79. The summed E-state index contributed by atoms with van der Waals surface area (Å²) in [5.74, 6) is 1.20. The maximum atomic E-state index is 4.25. The van der Waals surface area contributed by atoms with Gasteiger partial charge in [-0.05, 0) is 6.07 Å². The van der Waals surface area contributed by atoms with E-state index in [4.69, 9.17) is 0 Å². The summed E-state index contributed by atoms with van der Waals surface area (Å²) in [6.07, 6.45) is 13.8. The second-order valence-electron chi connectivity index (χ2n) is 4.84. The van der Waals surface area contributed by atoms with Crippen molar-refractivity contribution in [1.29, 1.82) is 0 Å². The number of hydrogen-bond donors (Lipinski definition) is 0. The number of imidazole rings is 2. The van der Waals surface area contributed by atoms with Crippen molar-refractivity contribution in [3.05, 3.63) is 55.0 Å². The Kier molecular flexibility index (Phi) is 1.46. The van der Waals surface area contributed by atoms with Crippen molar-refractivity contribution in [1.82, 2.24) is 18.8 Å². The van der Waals surface area contributed by atoms with E-state index in [9.17, 15) is 0 Å². The molecule has 0 radical (unpaired) electrons. The molecule has 1 aliphatic rings. The van der Waals surface area contributed by atoms with Gasteiger partial charge in [0.1, 0.15) is 18.3 Å². The topological polar surface area (TPSA) is 38.5 Å². The molecule has 0 bridgehead atoms. The minimum Gasteiger partial charge on any atom is -0.274 e. The van der Waals surface area contributed by atoms with Gasteiger partial charge in [0.2, 0.25) is 0 Å². The van der Waals surface area contributed by atoms with Crippen molar-refractivity contribution in [2.45, 2.75) is 6.54 Å². The van der Waals surface area contributed by atoms with Crippen LogP contribution >= 0.6 is 0 Å². The van der Waals surface area contributed by atoms with Crippen LogP contribution in [0.5, 0.6) is 0 Å². The zero-order chi connectivity index (χ0) is 12.4. The second kappa shape index (κ2) is 3.00. The lowest BCUT2D eigenvalue weighted by Gasteiger charge is -1.91. The number of rotatable bonds is 0. The van der Waals surface area contributed by atoms with Gasteiger partial charge in [-0.1, -0.05) is 0 Å². The molecule has 0 spiro atoms. The highest BCUT2D eigenvalue weighted by Crippen LogP contribution is 2.27. The van der Waals surface area contributed by atoms with E-state index in [1.165, 1.54) is 17.0 Å². The molecule has 5 rings (SSSR count). The van der Waals surface area contributed by atoms with E-state index < -0.39 is 0 Å². The molecule has 0 saturated heterocycles. The molecule has 5 nitrogen and oxygen atoms in total. The van der Waals surface area contributed by atoms with Crippen LogP contribution < -0.4 is 4.57 Å². The Hall–Kier alpha value is -2.69. The van der Waals surface area contributed by atoms with E-state index >= 15 is 0 Å². The molecular weight excluding hydrogens is 238 g/mol. The van der Waals surface area contributed by atoms with Gasteiger partial charge in [0.25, 0.3) is 11.5 Å². The van der Waals surface area contributed by atoms with Gasteiger partial charge in [0, 0.05) is 30.4 Å². The summed E-state index contributed by atoms with van der Waals surface area (Å²) >= 11 is 0. The third kappa shape index (κ3) is 1.03. The lowest BCUT2D eigenvalue weighted by Crippen LogP contribution is -2.29. The third-order valence-electron chi connectivity index (χ3n) is 3.81. The van der Waals surface area contributed by atoms with Crippen molar-refractivity contribution < 1.29 is 4.57 Å². The van der Waals surface area contributed by atoms with E-state index in [0.717, 1.165) is 17.7 Å². The first-order valence-electron chi connectivity index (χ1n) is 6.21. The number of aromatic nitrogens is 5. The normalized spacial score (nSPS) is 13.1. The van der Waals surface area contributed by atoms with Gasteiger partial charge >= 0.3 is 0 Å². The molecule has 0 N–H and O–H groups in total. The van der Waals surface area contributed by atoms with Gasteiger partial charge in [-0.25, -0.2) is 4.57 Å². The molecule has 90 valence electrons. The molecular formula is C14H10N5+. The summed E-state index contributed by atoms with van der Waals surface area (Å²) in [7, 11) is 0. The van der Waals surface area contributed by atoms with E-state index in [0.29, 0.717) is 0 Å². The largest absolute Gasteiger partial charge is 0.297 e. The smallest absolute Gasteiger partial charge is 0.274 e. The van der Waals surface area contributed by atoms with E-state index in [1.807, 2.05) is 31.0 Å². The molecule has 4 aromatic heterocycles. The first-order valence-corrected chi connectivity index (χ1v) is 6.21. The van der Waals surface area contributed by atoms with Gasteiger partial charge in [0.05, 0.1) is 11.8 Å². The molecule has 5 heterocycles. The lowest BCUT2D eigenvalue weighted by atomic mass is 10.2. The highest BCUT2D eigenvalue weighted by atomic mass is 15.2. The Morgan fingerprint density at radius 1 is 1.11 bits per heavy atom. The van der Waals surface area contributed by atoms with Crippen molar-refractivity contribution in [2.24, 2.45) is 0 Å². The molecule has 1 aliphatic heterocycles. The van der Waals surface area contributed by atoms with Gasteiger partial charge in [-0.15, -0.1) is 0 Å². The molecule has 0 aliphatic carbocycles. The lowest BCUT2D eigenvalue weighted by molar-refractivity contribution is -0.670. The molecule has 0 aromatic carbocycles. The SMILES string of the molecule is c1cc2c(cn1)-c1n3cc4cnccn4c3c[n+]1C2.